The lowest BCUT2D eigenvalue weighted by Crippen LogP contribution is -2.15. The normalized spacial score (nSPS) is 11.1. The molecular formula is C21H18F3NO4. The first-order valence-electron chi connectivity index (χ1n) is 8.93. The second-order valence-corrected chi connectivity index (χ2v) is 6.53. The van der Waals surface area contributed by atoms with E-state index >= 15 is 0 Å². The Bertz CT molecular complexity index is 1120. The fourth-order valence-corrected chi connectivity index (χ4v) is 3.20. The monoisotopic (exact) mass is 405 g/mol. The van der Waals surface area contributed by atoms with Crippen molar-refractivity contribution in [2.24, 2.45) is 0 Å². The number of aromatic nitrogens is 1. The lowest BCUT2D eigenvalue weighted by atomic mass is 10.1. The SMILES string of the molecule is CCCOC(=O)Cc1c(C)n(C(=O)c2cccc(F)c2)c2cc(F)c(O)c(F)c12. The molecule has 0 saturated carbocycles. The lowest BCUT2D eigenvalue weighted by Gasteiger charge is -2.08. The number of rotatable bonds is 5. The van der Waals surface area contributed by atoms with Crippen LogP contribution in [0.25, 0.3) is 10.9 Å². The number of benzene rings is 2. The number of fused-ring (bicyclic) bond motifs is 1. The van der Waals surface area contributed by atoms with E-state index in [0.717, 1.165) is 22.8 Å². The minimum Gasteiger partial charge on any atom is -0.503 e. The number of halogens is 3. The Hall–Kier alpha value is -3.29. The first-order chi connectivity index (χ1) is 13.8. The van der Waals surface area contributed by atoms with Crippen LogP contribution in [-0.4, -0.2) is 28.2 Å². The van der Waals surface area contributed by atoms with Crippen molar-refractivity contribution in [3.63, 3.8) is 0 Å². The Morgan fingerprint density at radius 2 is 1.90 bits per heavy atom. The summed E-state index contributed by atoms with van der Waals surface area (Å²) in [5, 5.41) is 9.42. The van der Waals surface area contributed by atoms with Crippen LogP contribution in [-0.2, 0) is 16.0 Å². The Labute approximate surface area is 164 Å². The van der Waals surface area contributed by atoms with Crippen molar-refractivity contribution in [1.82, 2.24) is 4.57 Å². The van der Waals surface area contributed by atoms with Crippen LogP contribution in [0, 0.1) is 24.4 Å². The van der Waals surface area contributed by atoms with E-state index in [4.69, 9.17) is 4.74 Å². The van der Waals surface area contributed by atoms with Gasteiger partial charge in [-0.2, -0.15) is 0 Å². The van der Waals surface area contributed by atoms with E-state index in [1.165, 1.54) is 19.1 Å². The van der Waals surface area contributed by atoms with Gasteiger partial charge in [0.1, 0.15) is 5.82 Å². The van der Waals surface area contributed by atoms with Crippen molar-refractivity contribution in [3.05, 3.63) is 64.6 Å². The van der Waals surface area contributed by atoms with Gasteiger partial charge in [-0.05, 0) is 37.1 Å². The number of hydrogen-bond acceptors (Lipinski definition) is 4. The number of hydrogen-bond donors (Lipinski definition) is 1. The molecule has 0 atom stereocenters. The summed E-state index contributed by atoms with van der Waals surface area (Å²) < 4.78 is 48.3. The zero-order chi connectivity index (χ0) is 21.3. The molecule has 0 spiro atoms. The first kappa shape index (κ1) is 20.4. The van der Waals surface area contributed by atoms with Crippen LogP contribution >= 0.6 is 0 Å². The van der Waals surface area contributed by atoms with Crippen LogP contribution in [0.4, 0.5) is 13.2 Å². The molecule has 0 radical (unpaired) electrons. The van der Waals surface area contributed by atoms with Crippen LogP contribution in [0.2, 0.25) is 0 Å². The minimum atomic E-state index is -1.29. The van der Waals surface area contributed by atoms with E-state index in [0.29, 0.717) is 6.42 Å². The number of ether oxygens (including phenoxy) is 1. The summed E-state index contributed by atoms with van der Waals surface area (Å²) in [5.74, 6) is -5.80. The molecule has 0 aliphatic rings. The van der Waals surface area contributed by atoms with Crippen molar-refractivity contribution >= 4 is 22.8 Å². The zero-order valence-electron chi connectivity index (χ0n) is 15.8. The maximum absolute atomic E-state index is 14.7. The molecule has 3 rings (SSSR count). The molecule has 0 bridgehead atoms. The molecule has 8 heteroatoms. The number of carbonyl (C=O) groups is 2. The van der Waals surface area contributed by atoms with Gasteiger partial charge in [-0.25, -0.2) is 13.2 Å². The Kier molecular flexibility index (Phi) is 5.63. The van der Waals surface area contributed by atoms with Gasteiger partial charge in [0.25, 0.3) is 5.91 Å². The lowest BCUT2D eigenvalue weighted by molar-refractivity contribution is -0.142. The Morgan fingerprint density at radius 1 is 1.17 bits per heavy atom. The molecule has 0 aliphatic heterocycles. The average Bonchev–Trinajstić information content (AvgIpc) is 2.95. The molecule has 3 aromatic rings. The van der Waals surface area contributed by atoms with Gasteiger partial charge in [0.15, 0.2) is 17.4 Å². The smallest absolute Gasteiger partial charge is 0.310 e. The van der Waals surface area contributed by atoms with Gasteiger partial charge < -0.3 is 9.84 Å². The van der Waals surface area contributed by atoms with Gasteiger partial charge in [0.05, 0.1) is 18.5 Å². The largest absolute Gasteiger partial charge is 0.503 e. The number of esters is 1. The van der Waals surface area contributed by atoms with E-state index in [1.54, 1.807) is 0 Å². The number of aromatic hydroxyl groups is 1. The van der Waals surface area contributed by atoms with Crippen LogP contribution in [0.1, 0.15) is 35.0 Å². The predicted molar refractivity (Wildman–Crippen MR) is 99.3 cm³/mol. The van der Waals surface area contributed by atoms with Crippen molar-refractivity contribution < 1.29 is 32.6 Å². The fourth-order valence-electron chi connectivity index (χ4n) is 3.20. The van der Waals surface area contributed by atoms with Gasteiger partial charge in [-0.15, -0.1) is 0 Å². The molecule has 0 amide bonds. The van der Waals surface area contributed by atoms with Gasteiger partial charge >= 0.3 is 5.97 Å². The maximum Gasteiger partial charge on any atom is 0.310 e. The first-order valence-corrected chi connectivity index (χ1v) is 8.93. The van der Waals surface area contributed by atoms with Gasteiger partial charge in [-0.3, -0.25) is 14.2 Å². The van der Waals surface area contributed by atoms with Crippen LogP contribution < -0.4 is 0 Å². The standard InChI is InChI=1S/C21H18F3NO4/c1-3-7-29-17(26)9-14-11(2)25(21(28)12-5-4-6-13(22)8-12)16-10-15(23)20(27)19(24)18(14)16/h4-6,8,10,27H,3,7,9H2,1-2H3. The molecule has 0 saturated heterocycles. The van der Waals surface area contributed by atoms with Crippen molar-refractivity contribution in [1.29, 1.82) is 0 Å². The summed E-state index contributed by atoms with van der Waals surface area (Å²) in [4.78, 5) is 25.1. The molecule has 152 valence electrons. The van der Waals surface area contributed by atoms with Crippen molar-refractivity contribution in [2.75, 3.05) is 6.61 Å². The number of carbonyl (C=O) groups excluding carboxylic acids is 2. The third-order valence-electron chi connectivity index (χ3n) is 4.55. The summed E-state index contributed by atoms with van der Waals surface area (Å²) in [6.07, 6.45) is 0.207. The maximum atomic E-state index is 14.7. The highest BCUT2D eigenvalue weighted by Crippen LogP contribution is 2.35. The third kappa shape index (κ3) is 3.70. The Balaban J connectivity index is 2.23. The highest BCUT2D eigenvalue weighted by molar-refractivity contribution is 6.05. The third-order valence-corrected chi connectivity index (χ3v) is 4.55. The molecule has 1 heterocycles. The quantitative estimate of drug-likeness (QED) is 0.644. The van der Waals surface area contributed by atoms with Crippen molar-refractivity contribution in [3.8, 4) is 5.75 Å². The number of nitrogens with zero attached hydrogens (tertiary/aromatic N) is 1. The molecule has 5 nitrogen and oxygen atoms in total. The molecule has 1 N–H and O–H groups in total. The molecule has 2 aromatic carbocycles. The van der Waals surface area contributed by atoms with Crippen molar-refractivity contribution in [2.45, 2.75) is 26.7 Å². The second-order valence-electron chi connectivity index (χ2n) is 6.53. The van der Waals surface area contributed by atoms with E-state index in [2.05, 4.69) is 0 Å². The minimum absolute atomic E-state index is 0.0426. The Morgan fingerprint density at radius 3 is 2.55 bits per heavy atom. The molecular weight excluding hydrogens is 387 g/mol. The predicted octanol–water partition coefficient (Wildman–Crippen LogP) is 4.26. The zero-order valence-corrected chi connectivity index (χ0v) is 15.8. The second kappa shape index (κ2) is 7.98. The van der Waals surface area contributed by atoms with E-state index < -0.39 is 35.1 Å². The summed E-state index contributed by atoms with van der Waals surface area (Å²) in [7, 11) is 0. The summed E-state index contributed by atoms with van der Waals surface area (Å²) in [5.41, 5.74) is 0.0205. The summed E-state index contributed by atoms with van der Waals surface area (Å²) in [6, 6.07) is 5.65. The number of phenolic OH excluding ortho intramolecular Hbond substituents is 1. The molecule has 0 aliphatic carbocycles. The van der Waals surface area contributed by atoms with Crippen LogP contribution in [0.5, 0.6) is 5.75 Å². The summed E-state index contributed by atoms with van der Waals surface area (Å²) in [6.45, 7) is 3.43. The van der Waals surface area contributed by atoms with Crippen LogP contribution in [0.3, 0.4) is 0 Å². The molecule has 0 unspecified atom stereocenters. The highest BCUT2D eigenvalue weighted by Gasteiger charge is 2.27. The van der Waals surface area contributed by atoms with E-state index in [9.17, 15) is 27.9 Å². The average molecular weight is 405 g/mol. The topological polar surface area (TPSA) is 68.5 Å². The van der Waals surface area contributed by atoms with Gasteiger partial charge in [0.2, 0.25) is 0 Å². The molecule has 0 fully saturated rings. The summed E-state index contributed by atoms with van der Waals surface area (Å²) >= 11 is 0. The number of phenols is 1. The van der Waals surface area contributed by atoms with Gasteiger partial charge in [0, 0.05) is 22.7 Å². The van der Waals surface area contributed by atoms with E-state index in [1.807, 2.05) is 6.92 Å². The molecule has 29 heavy (non-hydrogen) atoms. The van der Waals surface area contributed by atoms with Crippen LogP contribution in [0.15, 0.2) is 30.3 Å². The highest BCUT2D eigenvalue weighted by atomic mass is 19.1. The van der Waals surface area contributed by atoms with Gasteiger partial charge in [-0.1, -0.05) is 13.0 Å². The fraction of sp³-hybridized carbons (Fsp3) is 0.238. The van der Waals surface area contributed by atoms with E-state index in [-0.39, 0.29) is 40.8 Å². The molecule has 1 aromatic heterocycles.